The summed E-state index contributed by atoms with van der Waals surface area (Å²) >= 11 is 3.41. The van der Waals surface area contributed by atoms with Crippen LogP contribution in [-0.4, -0.2) is 27.8 Å². The van der Waals surface area contributed by atoms with Gasteiger partial charge in [-0.25, -0.2) is 0 Å². The van der Waals surface area contributed by atoms with E-state index >= 15 is 0 Å². The number of hydrogen-bond donors (Lipinski definition) is 1. The van der Waals surface area contributed by atoms with Gasteiger partial charge < -0.3 is 14.8 Å². The number of aromatic nitrogens is 1. The summed E-state index contributed by atoms with van der Waals surface area (Å²) in [6.45, 7) is 5.03. The van der Waals surface area contributed by atoms with Crippen LogP contribution in [0.2, 0.25) is 0 Å². The number of amides is 2. The van der Waals surface area contributed by atoms with E-state index in [0.717, 1.165) is 22.3 Å². The molecule has 0 spiro atoms. The third kappa shape index (κ3) is 3.95. The molecule has 132 valence electrons. The maximum absolute atomic E-state index is 12.9. The normalized spacial score (nSPS) is 17.7. The Hall–Kier alpha value is -2.08. The van der Waals surface area contributed by atoms with Crippen molar-refractivity contribution in [1.29, 1.82) is 0 Å². The first-order chi connectivity index (χ1) is 12.0. The lowest BCUT2D eigenvalue weighted by molar-refractivity contribution is -0.135. The first kappa shape index (κ1) is 17.7. The van der Waals surface area contributed by atoms with E-state index in [0.29, 0.717) is 6.54 Å². The Balaban J connectivity index is 1.76. The van der Waals surface area contributed by atoms with Gasteiger partial charge in [0.15, 0.2) is 0 Å². The molecule has 3 rings (SSSR count). The zero-order valence-electron chi connectivity index (χ0n) is 14.4. The molecular formula is C19H22BrN3O2. The first-order valence-corrected chi connectivity index (χ1v) is 9.22. The molecule has 2 unspecified atom stereocenters. The van der Waals surface area contributed by atoms with Gasteiger partial charge in [0.2, 0.25) is 11.8 Å². The van der Waals surface area contributed by atoms with Gasteiger partial charge in [-0.3, -0.25) is 9.59 Å². The van der Waals surface area contributed by atoms with Gasteiger partial charge in [-0.1, -0.05) is 28.1 Å². The third-order valence-corrected chi connectivity index (χ3v) is 5.22. The smallest absolute Gasteiger partial charge is 0.225 e. The summed E-state index contributed by atoms with van der Waals surface area (Å²) in [6, 6.07) is 11.5. The molecule has 0 fully saturated rings. The van der Waals surface area contributed by atoms with Gasteiger partial charge in [-0.05, 0) is 36.8 Å². The fraction of sp³-hybridized carbons (Fsp3) is 0.368. The average Bonchev–Trinajstić information content (AvgIpc) is 3.04. The van der Waals surface area contributed by atoms with Crippen LogP contribution < -0.4 is 5.32 Å². The number of nitrogens with one attached hydrogen (secondary N) is 1. The van der Waals surface area contributed by atoms with E-state index in [1.807, 2.05) is 35.2 Å². The van der Waals surface area contributed by atoms with Crippen LogP contribution in [0.3, 0.4) is 0 Å². The Labute approximate surface area is 156 Å². The van der Waals surface area contributed by atoms with Crippen LogP contribution in [0.25, 0.3) is 0 Å². The molecule has 6 heteroatoms. The van der Waals surface area contributed by atoms with Crippen molar-refractivity contribution in [3.63, 3.8) is 0 Å². The second-order valence-corrected chi connectivity index (χ2v) is 7.31. The largest absolute Gasteiger partial charge is 0.349 e. The van der Waals surface area contributed by atoms with Crippen molar-refractivity contribution in [3.8, 4) is 0 Å². The van der Waals surface area contributed by atoms with Crippen molar-refractivity contribution in [2.45, 2.75) is 38.9 Å². The number of hydrogen-bond acceptors (Lipinski definition) is 2. The van der Waals surface area contributed by atoms with E-state index in [1.165, 1.54) is 6.92 Å². The lowest BCUT2D eigenvalue weighted by Gasteiger charge is -2.36. The lowest BCUT2D eigenvalue weighted by atomic mass is 10.0. The first-order valence-electron chi connectivity index (χ1n) is 8.43. The third-order valence-electron chi connectivity index (χ3n) is 4.69. The summed E-state index contributed by atoms with van der Waals surface area (Å²) in [5, 5.41) is 2.91. The van der Waals surface area contributed by atoms with Crippen LogP contribution in [0.5, 0.6) is 0 Å². The van der Waals surface area contributed by atoms with E-state index in [1.54, 1.807) is 0 Å². The van der Waals surface area contributed by atoms with Crippen molar-refractivity contribution < 1.29 is 9.59 Å². The molecule has 0 bridgehead atoms. The van der Waals surface area contributed by atoms with Crippen molar-refractivity contribution in [1.82, 2.24) is 14.8 Å². The highest BCUT2D eigenvalue weighted by Gasteiger charge is 2.29. The molecule has 1 aromatic carbocycles. The Bertz CT molecular complexity index is 769. The summed E-state index contributed by atoms with van der Waals surface area (Å²) in [4.78, 5) is 26.4. The van der Waals surface area contributed by atoms with Crippen LogP contribution in [0.15, 0.2) is 47.1 Å². The molecule has 2 atom stereocenters. The van der Waals surface area contributed by atoms with Crippen LogP contribution in [0.4, 0.5) is 0 Å². The summed E-state index contributed by atoms with van der Waals surface area (Å²) in [5.74, 6) is -0.0806. The highest BCUT2D eigenvalue weighted by atomic mass is 79.9. The fourth-order valence-electron chi connectivity index (χ4n) is 3.40. The number of benzene rings is 1. The zero-order chi connectivity index (χ0) is 18.0. The average molecular weight is 404 g/mol. The standard InChI is InChI=1S/C19H22BrN3O2/c1-13-18-4-3-9-22(18)10-11-23(13)19(25)12-17(21-14(2)24)15-5-7-16(20)8-6-15/h3-9,13,17H,10-12H2,1-2H3,(H,21,24). The molecule has 0 saturated carbocycles. The minimum absolute atomic E-state index is 0.0409. The summed E-state index contributed by atoms with van der Waals surface area (Å²) < 4.78 is 3.16. The molecule has 2 heterocycles. The Morgan fingerprint density at radius 3 is 2.64 bits per heavy atom. The maximum Gasteiger partial charge on any atom is 0.225 e. The molecule has 2 aromatic rings. The van der Waals surface area contributed by atoms with Crippen LogP contribution in [0.1, 0.15) is 43.6 Å². The second-order valence-electron chi connectivity index (χ2n) is 6.40. The number of nitrogens with zero attached hydrogens (tertiary/aromatic N) is 2. The van der Waals surface area contributed by atoms with Crippen molar-refractivity contribution in [3.05, 3.63) is 58.3 Å². The molecule has 0 radical (unpaired) electrons. The van der Waals surface area contributed by atoms with Crippen LogP contribution in [-0.2, 0) is 16.1 Å². The summed E-state index contributed by atoms with van der Waals surface area (Å²) in [7, 11) is 0. The predicted octanol–water partition coefficient (Wildman–Crippen LogP) is 3.42. The maximum atomic E-state index is 12.9. The van der Waals surface area contributed by atoms with E-state index in [2.05, 4.69) is 45.0 Å². The van der Waals surface area contributed by atoms with Crippen molar-refractivity contribution >= 4 is 27.7 Å². The lowest BCUT2D eigenvalue weighted by Crippen LogP contribution is -2.42. The second kappa shape index (κ2) is 7.44. The number of fused-ring (bicyclic) bond motifs is 1. The molecule has 2 amide bonds. The minimum atomic E-state index is -0.320. The number of carbonyl (C=O) groups excluding carboxylic acids is 2. The molecular weight excluding hydrogens is 382 g/mol. The van der Waals surface area contributed by atoms with Crippen LogP contribution in [0, 0.1) is 0 Å². The van der Waals surface area contributed by atoms with E-state index in [9.17, 15) is 9.59 Å². The Morgan fingerprint density at radius 1 is 1.24 bits per heavy atom. The Morgan fingerprint density at radius 2 is 1.96 bits per heavy atom. The highest BCUT2D eigenvalue weighted by molar-refractivity contribution is 9.10. The minimum Gasteiger partial charge on any atom is -0.349 e. The van der Waals surface area contributed by atoms with Gasteiger partial charge in [-0.15, -0.1) is 0 Å². The number of carbonyl (C=O) groups is 2. The summed E-state index contributed by atoms with van der Waals surface area (Å²) in [6.07, 6.45) is 2.31. The summed E-state index contributed by atoms with van der Waals surface area (Å²) in [5.41, 5.74) is 2.08. The quantitative estimate of drug-likeness (QED) is 0.849. The van der Waals surface area contributed by atoms with E-state index in [4.69, 9.17) is 0 Å². The van der Waals surface area contributed by atoms with Gasteiger partial charge in [0.1, 0.15) is 0 Å². The highest BCUT2D eigenvalue weighted by Crippen LogP contribution is 2.28. The zero-order valence-corrected chi connectivity index (χ0v) is 16.0. The Kier molecular flexibility index (Phi) is 5.27. The molecule has 1 aliphatic rings. The SMILES string of the molecule is CC(=O)NC(CC(=O)N1CCn2cccc2C1C)c1ccc(Br)cc1. The van der Waals surface area contributed by atoms with E-state index < -0.39 is 0 Å². The molecule has 1 aromatic heterocycles. The number of rotatable bonds is 4. The van der Waals surface area contributed by atoms with Gasteiger partial charge in [-0.2, -0.15) is 0 Å². The molecule has 5 nitrogen and oxygen atoms in total. The molecule has 0 saturated heterocycles. The van der Waals surface area contributed by atoms with Gasteiger partial charge >= 0.3 is 0 Å². The molecule has 1 N–H and O–H groups in total. The topological polar surface area (TPSA) is 54.3 Å². The molecule has 25 heavy (non-hydrogen) atoms. The number of halogens is 1. The predicted molar refractivity (Wildman–Crippen MR) is 99.9 cm³/mol. The molecule has 0 aliphatic carbocycles. The van der Waals surface area contributed by atoms with Crippen molar-refractivity contribution in [2.75, 3.05) is 6.54 Å². The van der Waals surface area contributed by atoms with Gasteiger partial charge in [0, 0.05) is 36.4 Å². The van der Waals surface area contributed by atoms with Crippen LogP contribution >= 0.6 is 15.9 Å². The van der Waals surface area contributed by atoms with Gasteiger partial charge in [0.25, 0.3) is 0 Å². The fourth-order valence-corrected chi connectivity index (χ4v) is 3.67. The monoisotopic (exact) mass is 403 g/mol. The van der Waals surface area contributed by atoms with E-state index in [-0.39, 0.29) is 30.3 Å². The van der Waals surface area contributed by atoms with Gasteiger partial charge in [0.05, 0.1) is 18.5 Å². The van der Waals surface area contributed by atoms with Crippen molar-refractivity contribution in [2.24, 2.45) is 0 Å². The molecule has 1 aliphatic heterocycles.